The van der Waals surface area contributed by atoms with Crippen molar-refractivity contribution in [1.82, 2.24) is 14.2 Å². The molecular weight excluding hydrogens is 478 g/mol. The number of hydrogen-bond acceptors (Lipinski definition) is 8. The zero-order chi connectivity index (χ0) is 22.9. The highest BCUT2D eigenvalue weighted by Gasteiger charge is 2.36. The van der Waals surface area contributed by atoms with Crippen LogP contribution in [0.4, 0.5) is 11.5 Å². The Labute approximate surface area is 206 Å². The van der Waals surface area contributed by atoms with Crippen molar-refractivity contribution >= 4 is 57.3 Å². The van der Waals surface area contributed by atoms with Crippen LogP contribution in [-0.4, -0.2) is 70.2 Å². The lowest BCUT2D eigenvalue weighted by Crippen LogP contribution is -2.46. The van der Waals surface area contributed by atoms with Crippen LogP contribution in [0.3, 0.4) is 0 Å². The van der Waals surface area contributed by atoms with Gasteiger partial charge in [0.15, 0.2) is 0 Å². The van der Waals surface area contributed by atoms with Gasteiger partial charge in [-0.05, 0) is 49.1 Å². The van der Waals surface area contributed by atoms with Crippen LogP contribution >= 0.6 is 23.9 Å². The number of fused-ring (bicyclic) bond motifs is 2. The number of carbonyl (C=O) groups excluding carboxylic acids is 2. The van der Waals surface area contributed by atoms with E-state index < -0.39 is 10.8 Å². The van der Waals surface area contributed by atoms with E-state index in [9.17, 15) is 19.7 Å². The predicted molar refractivity (Wildman–Crippen MR) is 133 cm³/mol. The molecule has 0 spiro atoms. The standard InChI is InChI=1S/C23H23N5O4S.ClH/c29-22-17-8-7-16(28(31)32)15-19(17)23(30)27(22)10-4-3-9-25-11-13-26(14-12-25)21-18-5-1-2-6-20(18)33-24-21;/h1-2,5-8,15H,3-4,9-14H2;1H. The molecule has 0 unspecified atom stereocenters. The summed E-state index contributed by atoms with van der Waals surface area (Å²) >= 11 is 1.54. The molecule has 11 heteroatoms. The molecule has 34 heavy (non-hydrogen) atoms. The highest BCUT2D eigenvalue weighted by atomic mass is 35.5. The number of piperazine rings is 1. The number of imide groups is 1. The van der Waals surface area contributed by atoms with Gasteiger partial charge in [0.1, 0.15) is 5.82 Å². The van der Waals surface area contributed by atoms with Crippen LogP contribution in [0, 0.1) is 10.1 Å². The molecule has 0 N–H and O–H groups in total. The van der Waals surface area contributed by atoms with Crippen LogP contribution in [0.25, 0.3) is 10.1 Å². The Morgan fingerprint density at radius 1 is 0.941 bits per heavy atom. The first-order valence-corrected chi connectivity index (χ1v) is 11.8. The Balaban J connectivity index is 0.00000274. The normalized spacial score (nSPS) is 16.1. The Morgan fingerprint density at radius 3 is 2.41 bits per heavy atom. The largest absolute Gasteiger partial charge is 0.353 e. The van der Waals surface area contributed by atoms with E-state index in [-0.39, 0.29) is 35.1 Å². The second-order valence-corrected chi connectivity index (χ2v) is 9.09. The van der Waals surface area contributed by atoms with Crippen molar-refractivity contribution in [3.63, 3.8) is 0 Å². The van der Waals surface area contributed by atoms with Crippen LogP contribution < -0.4 is 4.90 Å². The highest BCUT2D eigenvalue weighted by Crippen LogP contribution is 2.30. The van der Waals surface area contributed by atoms with Crippen molar-refractivity contribution in [3.8, 4) is 0 Å². The summed E-state index contributed by atoms with van der Waals surface area (Å²) in [4.78, 5) is 41.5. The second kappa shape index (κ2) is 10.0. The van der Waals surface area contributed by atoms with Gasteiger partial charge in [-0.25, -0.2) is 0 Å². The lowest BCUT2D eigenvalue weighted by atomic mass is 10.1. The van der Waals surface area contributed by atoms with Crippen LogP contribution in [-0.2, 0) is 0 Å². The molecule has 2 amide bonds. The first kappa shape index (κ1) is 24.1. The summed E-state index contributed by atoms with van der Waals surface area (Å²) < 4.78 is 5.86. The molecule has 1 aromatic heterocycles. The van der Waals surface area contributed by atoms with Crippen LogP contribution in [0.1, 0.15) is 33.6 Å². The van der Waals surface area contributed by atoms with Gasteiger partial charge in [-0.2, -0.15) is 4.37 Å². The number of benzene rings is 2. The molecule has 1 saturated heterocycles. The molecule has 2 aliphatic rings. The highest BCUT2D eigenvalue weighted by molar-refractivity contribution is 7.13. The van der Waals surface area contributed by atoms with Gasteiger partial charge in [-0.1, -0.05) is 12.1 Å². The summed E-state index contributed by atoms with van der Waals surface area (Å²) in [6.45, 7) is 4.96. The molecule has 3 aromatic rings. The Hall–Kier alpha value is -3.08. The summed E-state index contributed by atoms with van der Waals surface area (Å²) in [5.74, 6) is 0.262. The quantitative estimate of drug-likeness (QED) is 0.210. The lowest BCUT2D eigenvalue weighted by Gasteiger charge is -2.35. The third-order valence-electron chi connectivity index (χ3n) is 6.30. The van der Waals surface area contributed by atoms with Crippen molar-refractivity contribution in [2.45, 2.75) is 12.8 Å². The number of halogens is 1. The van der Waals surface area contributed by atoms with Gasteiger partial charge in [0.05, 0.1) is 20.8 Å². The molecule has 0 bridgehead atoms. The van der Waals surface area contributed by atoms with E-state index in [0.29, 0.717) is 13.0 Å². The molecule has 9 nitrogen and oxygen atoms in total. The number of amides is 2. The number of rotatable bonds is 7. The molecule has 2 aromatic carbocycles. The number of nitro groups is 1. The average Bonchev–Trinajstić information content (AvgIpc) is 3.36. The van der Waals surface area contributed by atoms with Gasteiger partial charge < -0.3 is 4.90 Å². The molecule has 3 heterocycles. The number of nitro benzene ring substituents is 1. The number of carbonyl (C=O) groups is 2. The number of aromatic nitrogens is 1. The summed E-state index contributed by atoms with van der Waals surface area (Å²) in [5, 5.41) is 12.2. The molecule has 0 aliphatic carbocycles. The molecule has 2 aliphatic heterocycles. The van der Waals surface area contributed by atoms with Crippen LogP contribution in [0.5, 0.6) is 0 Å². The summed E-state index contributed by atoms with van der Waals surface area (Å²) in [5.41, 5.74) is 0.192. The second-order valence-electron chi connectivity index (χ2n) is 8.29. The van der Waals surface area contributed by atoms with E-state index in [1.165, 1.54) is 44.7 Å². The van der Waals surface area contributed by atoms with Gasteiger partial charge in [0.2, 0.25) is 0 Å². The van der Waals surface area contributed by atoms with Crippen molar-refractivity contribution in [1.29, 1.82) is 0 Å². The van der Waals surface area contributed by atoms with E-state index in [1.54, 1.807) is 0 Å². The molecule has 178 valence electrons. The van der Waals surface area contributed by atoms with Gasteiger partial charge in [0.25, 0.3) is 17.5 Å². The van der Waals surface area contributed by atoms with E-state index >= 15 is 0 Å². The Bertz CT molecular complexity index is 1240. The number of unbranched alkanes of at least 4 members (excludes halogenated alkanes) is 1. The minimum Gasteiger partial charge on any atom is -0.353 e. The molecule has 0 atom stereocenters. The summed E-state index contributed by atoms with van der Waals surface area (Å²) in [7, 11) is 0. The fourth-order valence-corrected chi connectivity index (χ4v) is 5.28. The lowest BCUT2D eigenvalue weighted by molar-refractivity contribution is -0.384. The monoisotopic (exact) mass is 501 g/mol. The zero-order valence-corrected chi connectivity index (χ0v) is 20.0. The topological polar surface area (TPSA) is 99.9 Å². The van der Waals surface area contributed by atoms with Crippen molar-refractivity contribution in [2.75, 3.05) is 44.2 Å². The van der Waals surface area contributed by atoms with Gasteiger partial charge in [0, 0.05) is 50.2 Å². The smallest absolute Gasteiger partial charge is 0.270 e. The minimum atomic E-state index is -0.558. The number of anilines is 1. The van der Waals surface area contributed by atoms with E-state index in [0.717, 1.165) is 45.0 Å². The molecule has 0 saturated carbocycles. The number of non-ortho nitro benzene ring substituents is 1. The maximum Gasteiger partial charge on any atom is 0.270 e. The Morgan fingerprint density at radius 2 is 1.65 bits per heavy atom. The SMILES string of the molecule is Cl.O=C1c2ccc([N+](=O)[O-])cc2C(=O)N1CCCCN1CCN(c2nsc3ccccc23)CC1. The van der Waals surface area contributed by atoms with Gasteiger partial charge >= 0.3 is 0 Å². The van der Waals surface area contributed by atoms with E-state index in [2.05, 4.69) is 26.3 Å². The minimum absolute atomic E-state index is 0. The molecule has 1 fully saturated rings. The zero-order valence-electron chi connectivity index (χ0n) is 18.4. The Kier molecular flexibility index (Phi) is 7.11. The molecule has 5 rings (SSSR count). The van der Waals surface area contributed by atoms with Crippen molar-refractivity contribution in [2.24, 2.45) is 0 Å². The maximum absolute atomic E-state index is 12.6. The average molecular weight is 502 g/mol. The molecular formula is C23H24ClN5O4S. The van der Waals surface area contributed by atoms with Crippen molar-refractivity contribution < 1.29 is 14.5 Å². The molecule has 0 radical (unpaired) electrons. The summed E-state index contributed by atoms with van der Waals surface area (Å²) in [6, 6.07) is 12.1. The van der Waals surface area contributed by atoms with E-state index in [4.69, 9.17) is 0 Å². The third kappa shape index (κ3) is 4.48. The first-order chi connectivity index (χ1) is 16.0. The third-order valence-corrected chi connectivity index (χ3v) is 7.12. The van der Waals surface area contributed by atoms with Crippen LogP contribution in [0.2, 0.25) is 0 Å². The maximum atomic E-state index is 12.6. The number of hydrogen-bond donors (Lipinski definition) is 0. The fourth-order valence-electron chi connectivity index (χ4n) is 4.48. The predicted octanol–water partition coefficient (Wildman–Crippen LogP) is 3.82. The van der Waals surface area contributed by atoms with E-state index in [1.807, 2.05) is 12.1 Å². The number of nitrogens with zero attached hydrogens (tertiary/aromatic N) is 5. The van der Waals surface area contributed by atoms with Gasteiger partial charge in [-0.15, -0.1) is 12.4 Å². The van der Waals surface area contributed by atoms with Gasteiger partial charge in [-0.3, -0.25) is 29.5 Å². The summed E-state index contributed by atoms with van der Waals surface area (Å²) in [6.07, 6.45) is 1.57. The van der Waals surface area contributed by atoms with Crippen molar-refractivity contribution in [3.05, 3.63) is 63.7 Å². The first-order valence-electron chi connectivity index (χ1n) is 11.0. The fraction of sp³-hybridized carbons (Fsp3) is 0.348. The van der Waals surface area contributed by atoms with Crippen LogP contribution in [0.15, 0.2) is 42.5 Å².